The van der Waals surface area contributed by atoms with Gasteiger partial charge in [0.15, 0.2) is 0 Å². The number of benzene rings is 1. The summed E-state index contributed by atoms with van der Waals surface area (Å²) >= 11 is -0.0975. The van der Waals surface area contributed by atoms with E-state index in [0.717, 1.165) is 25.3 Å². The van der Waals surface area contributed by atoms with Crippen LogP contribution in [0, 0.1) is 0 Å². The van der Waals surface area contributed by atoms with Crippen molar-refractivity contribution in [3.63, 3.8) is 0 Å². The Bertz CT molecular complexity index is 433. The third-order valence-corrected chi connectivity index (χ3v) is 3.88. The first-order chi connectivity index (χ1) is 9.92. The fraction of sp³-hybridized carbons (Fsp3) is 0.571. The van der Waals surface area contributed by atoms with E-state index in [-0.39, 0.29) is 22.7 Å². The number of hydrogen-bond acceptors (Lipinski definition) is 4. The van der Waals surface area contributed by atoms with Crippen LogP contribution < -0.4 is 10.6 Å². The molecule has 1 aliphatic rings. The molecule has 0 saturated carbocycles. The van der Waals surface area contributed by atoms with E-state index in [2.05, 4.69) is 17.6 Å². The van der Waals surface area contributed by atoms with Crippen molar-refractivity contribution < 1.29 is 17.9 Å². The lowest BCUT2D eigenvalue weighted by atomic mass is 10.1. The highest BCUT2D eigenvalue weighted by Crippen LogP contribution is 2.37. The SMILES string of the molecule is CC(CC1COCCN1)Nc1ccc(SC(F)(F)F)cc1. The van der Waals surface area contributed by atoms with Crippen LogP contribution in [0.2, 0.25) is 0 Å². The first-order valence-corrected chi connectivity index (χ1v) is 7.67. The van der Waals surface area contributed by atoms with Gasteiger partial charge in [-0.3, -0.25) is 0 Å². The number of halogens is 3. The molecule has 2 unspecified atom stereocenters. The maximum absolute atomic E-state index is 12.2. The number of rotatable bonds is 5. The summed E-state index contributed by atoms with van der Waals surface area (Å²) < 4.78 is 42.1. The lowest BCUT2D eigenvalue weighted by molar-refractivity contribution is -0.0328. The summed E-state index contributed by atoms with van der Waals surface area (Å²) in [7, 11) is 0. The molecular formula is C14H19F3N2OS. The van der Waals surface area contributed by atoms with Gasteiger partial charge in [-0.25, -0.2) is 0 Å². The topological polar surface area (TPSA) is 33.3 Å². The van der Waals surface area contributed by atoms with Crippen LogP contribution >= 0.6 is 11.8 Å². The molecule has 2 atom stereocenters. The van der Waals surface area contributed by atoms with E-state index < -0.39 is 5.51 Å². The van der Waals surface area contributed by atoms with Crippen LogP contribution in [0.4, 0.5) is 18.9 Å². The van der Waals surface area contributed by atoms with Gasteiger partial charge in [0.1, 0.15) is 0 Å². The second kappa shape index (κ2) is 7.38. The molecule has 1 heterocycles. The van der Waals surface area contributed by atoms with Gasteiger partial charge in [0.05, 0.1) is 13.2 Å². The van der Waals surface area contributed by atoms with Gasteiger partial charge in [0.2, 0.25) is 0 Å². The third-order valence-electron chi connectivity index (χ3n) is 3.14. The minimum Gasteiger partial charge on any atom is -0.383 e. The van der Waals surface area contributed by atoms with Crippen molar-refractivity contribution in [3.8, 4) is 0 Å². The summed E-state index contributed by atoms with van der Waals surface area (Å²) in [6, 6.07) is 6.85. The van der Waals surface area contributed by atoms with Crippen molar-refractivity contribution in [1.82, 2.24) is 5.32 Å². The monoisotopic (exact) mass is 320 g/mol. The Morgan fingerprint density at radius 3 is 2.67 bits per heavy atom. The standard InChI is InChI=1S/C14H19F3N2OS/c1-10(8-12-9-20-7-6-18-12)19-11-2-4-13(5-3-11)21-14(15,16)17/h2-5,10,12,18-19H,6-9H2,1H3. The van der Waals surface area contributed by atoms with Gasteiger partial charge in [-0.1, -0.05) is 0 Å². The lowest BCUT2D eigenvalue weighted by Gasteiger charge is -2.27. The Kier molecular flexibility index (Phi) is 5.78. The number of alkyl halides is 3. The summed E-state index contributed by atoms with van der Waals surface area (Å²) in [5.41, 5.74) is -3.42. The summed E-state index contributed by atoms with van der Waals surface area (Å²) in [6.07, 6.45) is 0.902. The molecule has 2 rings (SSSR count). The predicted octanol–water partition coefficient (Wildman–Crippen LogP) is 3.48. The van der Waals surface area contributed by atoms with Gasteiger partial charge in [-0.2, -0.15) is 13.2 Å². The normalized spacial score (nSPS) is 21.0. The highest BCUT2D eigenvalue weighted by atomic mass is 32.2. The second-order valence-electron chi connectivity index (χ2n) is 5.08. The molecule has 7 heteroatoms. The van der Waals surface area contributed by atoms with Crippen LogP contribution in [0.5, 0.6) is 0 Å². The Morgan fingerprint density at radius 1 is 1.38 bits per heavy atom. The van der Waals surface area contributed by atoms with Gasteiger partial charge >= 0.3 is 5.51 Å². The molecule has 0 spiro atoms. The van der Waals surface area contributed by atoms with Crippen LogP contribution in [-0.4, -0.2) is 37.4 Å². The number of nitrogens with one attached hydrogen (secondary N) is 2. The summed E-state index contributed by atoms with van der Waals surface area (Å²) in [4.78, 5) is 0.197. The summed E-state index contributed by atoms with van der Waals surface area (Å²) in [5, 5.41) is 6.67. The van der Waals surface area contributed by atoms with Crippen molar-refractivity contribution in [2.24, 2.45) is 0 Å². The zero-order chi connectivity index (χ0) is 15.3. The average Bonchev–Trinajstić information content (AvgIpc) is 2.40. The molecule has 0 bridgehead atoms. The summed E-state index contributed by atoms with van der Waals surface area (Å²) in [6.45, 7) is 4.36. The third kappa shape index (κ3) is 6.15. The molecule has 21 heavy (non-hydrogen) atoms. The van der Waals surface area contributed by atoms with Crippen molar-refractivity contribution in [2.75, 3.05) is 25.1 Å². The van der Waals surface area contributed by atoms with Crippen molar-refractivity contribution in [1.29, 1.82) is 0 Å². The maximum Gasteiger partial charge on any atom is 0.446 e. The Balaban J connectivity index is 1.81. The largest absolute Gasteiger partial charge is 0.446 e. The fourth-order valence-electron chi connectivity index (χ4n) is 2.29. The molecule has 1 aromatic rings. The van der Waals surface area contributed by atoms with E-state index in [1.165, 1.54) is 12.1 Å². The Morgan fingerprint density at radius 2 is 2.10 bits per heavy atom. The average molecular weight is 320 g/mol. The highest BCUT2D eigenvalue weighted by molar-refractivity contribution is 8.00. The molecular weight excluding hydrogens is 301 g/mol. The molecule has 0 aliphatic carbocycles. The first kappa shape index (κ1) is 16.5. The minimum absolute atomic E-state index is 0.0975. The second-order valence-corrected chi connectivity index (χ2v) is 6.22. The van der Waals surface area contributed by atoms with Gasteiger partial charge < -0.3 is 15.4 Å². The number of anilines is 1. The molecule has 118 valence electrons. The molecule has 0 amide bonds. The molecule has 1 fully saturated rings. The lowest BCUT2D eigenvalue weighted by Crippen LogP contribution is -2.43. The Hall–Kier alpha value is -0.920. The summed E-state index contributed by atoms with van der Waals surface area (Å²) in [5.74, 6) is 0. The van der Waals surface area contributed by atoms with Crippen LogP contribution in [0.1, 0.15) is 13.3 Å². The number of morpholine rings is 1. The zero-order valence-corrected chi connectivity index (χ0v) is 12.6. The predicted molar refractivity (Wildman–Crippen MR) is 78.7 cm³/mol. The molecule has 1 aliphatic heterocycles. The van der Waals surface area contributed by atoms with Crippen molar-refractivity contribution in [3.05, 3.63) is 24.3 Å². The van der Waals surface area contributed by atoms with E-state index in [0.29, 0.717) is 12.6 Å². The van der Waals surface area contributed by atoms with E-state index in [9.17, 15) is 13.2 Å². The van der Waals surface area contributed by atoms with Crippen LogP contribution in [0.25, 0.3) is 0 Å². The van der Waals surface area contributed by atoms with E-state index in [1.54, 1.807) is 12.1 Å². The molecule has 0 radical (unpaired) electrons. The number of ether oxygens (including phenoxy) is 1. The fourth-order valence-corrected chi connectivity index (χ4v) is 2.83. The number of thioether (sulfide) groups is 1. The van der Waals surface area contributed by atoms with Crippen molar-refractivity contribution in [2.45, 2.75) is 35.8 Å². The van der Waals surface area contributed by atoms with Crippen molar-refractivity contribution >= 4 is 17.4 Å². The minimum atomic E-state index is -4.24. The van der Waals surface area contributed by atoms with Crippen LogP contribution in [-0.2, 0) is 4.74 Å². The maximum atomic E-state index is 12.2. The molecule has 3 nitrogen and oxygen atoms in total. The van der Waals surface area contributed by atoms with Gasteiger partial charge in [-0.05, 0) is 49.4 Å². The van der Waals surface area contributed by atoms with Crippen LogP contribution in [0.15, 0.2) is 29.2 Å². The van der Waals surface area contributed by atoms with Gasteiger partial charge in [0.25, 0.3) is 0 Å². The zero-order valence-electron chi connectivity index (χ0n) is 11.7. The molecule has 1 aromatic carbocycles. The van der Waals surface area contributed by atoms with Crippen LogP contribution in [0.3, 0.4) is 0 Å². The van der Waals surface area contributed by atoms with E-state index in [4.69, 9.17) is 4.74 Å². The molecule has 1 saturated heterocycles. The number of hydrogen-bond donors (Lipinski definition) is 2. The first-order valence-electron chi connectivity index (χ1n) is 6.86. The molecule has 0 aromatic heterocycles. The molecule has 2 N–H and O–H groups in total. The Labute approximate surface area is 126 Å². The van der Waals surface area contributed by atoms with Gasteiger partial charge in [-0.15, -0.1) is 0 Å². The van der Waals surface area contributed by atoms with E-state index >= 15 is 0 Å². The van der Waals surface area contributed by atoms with Gasteiger partial charge in [0, 0.05) is 29.2 Å². The smallest absolute Gasteiger partial charge is 0.383 e. The quantitative estimate of drug-likeness (QED) is 0.814. The van der Waals surface area contributed by atoms with E-state index in [1.807, 2.05) is 0 Å². The highest BCUT2D eigenvalue weighted by Gasteiger charge is 2.29.